The van der Waals surface area contributed by atoms with Gasteiger partial charge in [0.25, 0.3) is 0 Å². The van der Waals surface area contributed by atoms with Crippen LogP contribution in [0.25, 0.3) is 0 Å². The first kappa shape index (κ1) is 18.0. The molecule has 0 radical (unpaired) electrons. The van der Waals surface area contributed by atoms with E-state index in [9.17, 15) is 17.7 Å². The summed E-state index contributed by atoms with van der Waals surface area (Å²) >= 11 is 0. The van der Waals surface area contributed by atoms with E-state index in [0.717, 1.165) is 12.1 Å². The zero-order chi connectivity index (χ0) is 13.1. The second kappa shape index (κ2) is 7.54. The molecular formula is C10H11BF3KO3. The summed E-state index contributed by atoms with van der Waals surface area (Å²) in [6, 6.07) is 3.18. The summed E-state index contributed by atoms with van der Waals surface area (Å²) in [6.07, 6.45) is 0. The summed E-state index contributed by atoms with van der Waals surface area (Å²) in [5.41, 5.74) is -0.229. The molecular weight excluding hydrogens is 275 g/mol. The van der Waals surface area contributed by atoms with E-state index in [-0.39, 0.29) is 57.1 Å². The third kappa shape index (κ3) is 5.31. The molecule has 3 nitrogen and oxygen atoms in total. The number of ether oxygens (including phenoxy) is 2. The van der Waals surface area contributed by atoms with Crippen LogP contribution in [0.3, 0.4) is 0 Å². The van der Waals surface area contributed by atoms with Crippen molar-refractivity contribution in [3.63, 3.8) is 0 Å². The first-order valence-electron chi connectivity index (χ1n) is 4.84. The number of carbonyl (C=O) groups is 1. The zero-order valence-electron chi connectivity index (χ0n) is 10.4. The molecule has 0 saturated carbocycles. The molecule has 0 bridgehead atoms. The van der Waals surface area contributed by atoms with Gasteiger partial charge in [-0.15, -0.1) is 5.46 Å². The number of halogens is 3. The number of hydrogen-bond donors (Lipinski definition) is 0. The maximum atomic E-state index is 12.5. The summed E-state index contributed by atoms with van der Waals surface area (Å²) < 4.78 is 46.7. The third-order valence-electron chi connectivity index (χ3n) is 2.16. The molecule has 0 aliphatic rings. The van der Waals surface area contributed by atoms with E-state index in [0.29, 0.717) is 5.56 Å². The van der Waals surface area contributed by atoms with E-state index in [2.05, 4.69) is 4.74 Å². The molecule has 1 aromatic rings. The van der Waals surface area contributed by atoms with Crippen LogP contribution < -0.4 is 61.6 Å². The van der Waals surface area contributed by atoms with Crippen molar-refractivity contribution in [3.8, 4) is 5.75 Å². The quantitative estimate of drug-likeness (QED) is 0.505. The van der Waals surface area contributed by atoms with Crippen molar-refractivity contribution >= 4 is 18.4 Å². The van der Waals surface area contributed by atoms with Gasteiger partial charge in [-0.3, -0.25) is 0 Å². The fraction of sp³-hybridized carbons (Fsp3) is 0.300. The maximum absolute atomic E-state index is 12.5. The fourth-order valence-corrected chi connectivity index (χ4v) is 1.17. The molecule has 18 heavy (non-hydrogen) atoms. The molecule has 0 N–H and O–H groups in total. The van der Waals surface area contributed by atoms with Gasteiger partial charge < -0.3 is 22.4 Å². The van der Waals surface area contributed by atoms with Crippen molar-refractivity contribution in [2.45, 2.75) is 6.92 Å². The Morgan fingerprint density at radius 3 is 2.44 bits per heavy atom. The van der Waals surface area contributed by atoms with Gasteiger partial charge in [0.1, 0.15) is 5.75 Å². The van der Waals surface area contributed by atoms with Crippen molar-refractivity contribution in [1.82, 2.24) is 0 Å². The summed E-state index contributed by atoms with van der Waals surface area (Å²) in [4.78, 5) is 10.8. The Labute approximate surface area is 146 Å². The Hall–Kier alpha value is -0.0187. The van der Waals surface area contributed by atoms with E-state index in [4.69, 9.17) is 4.74 Å². The largest absolute Gasteiger partial charge is 1.00 e. The number of esters is 1. The molecule has 0 aliphatic heterocycles. The van der Waals surface area contributed by atoms with Gasteiger partial charge in [0.05, 0.1) is 7.11 Å². The van der Waals surface area contributed by atoms with Crippen LogP contribution in [-0.4, -0.2) is 26.7 Å². The maximum Gasteiger partial charge on any atom is 1.00 e. The van der Waals surface area contributed by atoms with Crippen LogP contribution in [0.4, 0.5) is 12.9 Å². The van der Waals surface area contributed by atoms with Gasteiger partial charge in [0.2, 0.25) is 0 Å². The van der Waals surface area contributed by atoms with Crippen molar-refractivity contribution < 1.29 is 78.6 Å². The van der Waals surface area contributed by atoms with Crippen molar-refractivity contribution in [3.05, 3.63) is 23.8 Å². The minimum absolute atomic E-state index is 0. The SMILES string of the molecule is COC(=O)COc1cc([B-](F)(F)F)ccc1C.[K+]. The molecule has 1 aromatic carbocycles. The first-order chi connectivity index (χ1) is 7.84. The van der Waals surface area contributed by atoms with E-state index in [1.807, 2.05) is 0 Å². The predicted octanol–water partition coefficient (Wildman–Crippen LogP) is -1.39. The molecule has 1 rings (SSSR count). The van der Waals surface area contributed by atoms with Crippen LogP contribution in [0.15, 0.2) is 18.2 Å². The average Bonchev–Trinajstić information content (AvgIpc) is 2.26. The van der Waals surface area contributed by atoms with Crippen LogP contribution in [0.5, 0.6) is 5.75 Å². The van der Waals surface area contributed by atoms with Crippen molar-refractivity contribution in [2.75, 3.05) is 13.7 Å². The van der Waals surface area contributed by atoms with Crippen molar-refractivity contribution in [1.29, 1.82) is 0 Å². The molecule has 0 atom stereocenters. The summed E-state index contributed by atoms with van der Waals surface area (Å²) in [6.45, 7) is -3.88. The zero-order valence-corrected chi connectivity index (χ0v) is 13.5. The van der Waals surface area contributed by atoms with Crippen molar-refractivity contribution in [2.24, 2.45) is 0 Å². The minimum atomic E-state index is -5.07. The number of benzene rings is 1. The van der Waals surface area contributed by atoms with Gasteiger partial charge in [-0.2, -0.15) is 0 Å². The molecule has 0 aliphatic carbocycles. The van der Waals surface area contributed by atoms with E-state index in [1.165, 1.54) is 13.2 Å². The molecule has 8 heteroatoms. The molecule has 0 saturated heterocycles. The summed E-state index contributed by atoms with van der Waals surface area (Å²) in [5.74, 6) is -0.612. The normalized spacial score (nSPS) is 10.5. The Bertz CT molecular complexity index is 423. The Morgan fingerprint density at radius 2 is 1.94 bits per heavy atom. The van der Waals surface area contributed by atoms with E-state index >= 15 is 0 Å². The number of methoxy groups -OCH3 is 1. The minimum Gasteiger partial charge on any atom is -0.482 e. The van der Waals surface area contributed by atoms with Gasteiger partial charge in [-0.05, 0) is 18.6 Å². The Morgan fingerprint density at radius 1 is 1.33 bits per heavy atom. The molecule has 0 spiro atoms. The number of aryl methyl sites for hydroxylation is 1. The standard InChI is InChI=1S/C10H11BF3O3.K/c1-7-3-4-8(11(12,13)14)5-9(7)17-6-10(15)16-2;/h3-5H,6H2,1-2H3;/q-1;+1. The molecule has 94 valence electrons. The number of rotatable bonds is 4. The fourth-order valence-electron chi connectivity index (χ4n) is 1.17. The van der Waals surface area contributed by atoms with Crippen LogP contribution in [0.2, 0.25) is 0 Å². The summed E-state index contributed by atoms with van der Waals surface area (Å²) in [5, 5.41) is 0. The molecule has 0 fully saturated rings. The smallest absolute Gasteiger partial charge is 0.482 e. The average molecular weight is 286 g/mol. The predicted molar refractivity (Wildman–Crippen MR) is 57.4 cm³/mol. The Balaban J connectivity index is 0.00000289. The van der Waals surface area contributed by atoms with Crippen LogP contribution in [0, 0.1) is 6.92 Å². The van der Waals surface area contributed by atoms with Crippen LogP contribution in [0.1, 0.15) is 5.56 Å². The molecule has 0 heterocycles. The molecule has 0 amide bonds. The molecule has 0 aromatic heterocycles. The second-order valence-corrected chi connectivity index (χ2v) is 3.46. The van der Waals surface area contributed by atoms with Gasteiger partial charge in [-0.25, -0.2) is 4.79 Å². The first-order valence-corrected chi connectivity index (χ1v) is 4.84. The van der Waals surface area contributed by atoms with Crippen LogP contribution >= 0.6 is 0 Å². The third-order valence-corrected chi connectivity index (χ3v) is 2.16. The monoisotopic (exact) mass is 286 g/mol. The molecule has 0 unspecified atom stereocenters. The van der Waals surface area contributed by atoms with Gasteiger partial charge >= 0.3 is 64.3 Å². The second-order valence-electron chi connectivity index (χ2n) is 3.46. The van der Waals surface area contributed by atoms with E-state index in [1.54, 1.807) is 6.92 Å². The summed E-state index contributed by atoms with van der Waals surface area (Å²) in [7, 11) is 1.17. The van der Waals surface area contributed by atoms with Gasteiger partial charge in [-0.1, -0.05) is 12.1 Å². The van der Waals surface area contributed by atoms with Gasteiger partial charge in [0, 0.05) is 0 Å². The van der Waals surface area contributed by atoms with E-state index < -0.39 is 25.0 Å². The number of carbonyl (C=O) groups excluding carboxylic acids is 1. The van der Waals surface area contributed by atoms with Gasteiger partial charge in [0.15, 0.2) is 6.61 Å². The topological polar surface area (TPSA) is 35.5 Å². The van der Waals surface area contributed by atoms with Crippen LogP contribution in [-0.2, 0) is 9.53 Å². The number of hydrogen-bond acceptors (Lipinski definition) is 3. The Kier molecular flexibility index (Phi) is 7.53.